The standard InChI is InChI=1S/C18H28N2O2/c1-2-13-22-18-8-7-15(14-16(18)19)17(21)9-12-20-10-5-3-4-6-11-20/h7-8,14H,2-6,9-13,19H2,1H3. The summed E-state index contributed by atoms with van der Waals surface area (Å²) in [5.41, 5.74) is 7.21. The van der Waals surface area contributed by atoms with Crippen LogP contribution in [0.2, 0.25) is 0 Å². The Kier molecular flexibility index (Phi) is 6.72. The van der Waals surface area contributed by atoms with E-state index < -0.39 is 0 Å². The zero-order chi connectivity index (χ0) is 15.8. The van der Waals surface area contributed by atoms with Crippen LogP contribution in [0.3, 0.4) is 0 Å². The van der Waals surface area contributed by atoms with E-state index in [0.29, 0.717) is 30.0 Å². The summed E-state index contributed by atoms with van der Waals surface area (Å²) in [5, 5.41) is 0. The van der Waals surface area contributed by atoms with E-state index >= 15 is 0 Å². The number of likely N-dealkylation sites (tertiary alicyclic amines) is 1. The number of Topliss-reactive ketones (excluding diaryl/α,β-unsaturated/α-hetero) is 1. The highest BCUT2D eigenvalue weighted by atomic mass is 16.5. The van der Waals surface area contributed by atoms with E-state index in [4.69, 9.17) is 10.5 Å². The molecule has 0 bridgehead atoms. The lowest BCUT2D eigenvalue weighted by Crippen LogP contribution is -2.27. The molecule has 0 atom stereocenters. The first-order valence-electron chi connectivity index (χ1n) is 8.48. The van der Waals surface area contributed by atoms with Crippen molar-refractivity contribution in [3.63, 3.8) is 0 Å². The van der Waals surface area contributed by atoms with Gasteiger partial charge in [-0.3, -0.25) is 4.79 Å². The highest BCUT2D eigenvalue weighted by Crippen LogP contribution is 2.23. The third-order valence-corrected chi connectivity index (χ3v) is 4.15. The first kappa shape index (κ1) is 16.8. The third-order valence-electron chi connectivity index (χ3n) is 4.15. The predicted molar refractivity (Wildman–Crippen MR) is 90.5 cm³/mol. The van der Waals surface area contributed by atoms with Crippen molar-refractivity contribution < 1.29 is 9.53 Å². The minimum atomic E-state index is 0.165. The van der Waals surface area contributed by atoms with Crippen molar-refractivity contribution in [2.75, 3.05) is 32.0 Å². The number of nitrogens with two attached hydrogens (primary N) is 1. The Hall–Kier alpha value is -1.55. The summed E-state index contributed by atoms with van der Waals surface area (Å²) >= 11 is 0. The van der Waals surface area contributed by atoms with Gasteiger partial charge in [0.05, 0.1) is 12.3 Å². The van der Waals surface area contributed by atoms with Crippen LogP contribution in [0, 0.1) is 0 Å². The van der Waals surface area contributed by atoms with E-state index in [1.165, 1.54) is 25.7 Å². The van der Waals surface area contributed by atoms with Crippen LogP contribution in [0.25, 0.3) is 0 Å². The molecule has 1 aromatic carbocycles. The summed E-state index contributed by atoms with van der Waals surface area (Å²) in [5.74, 6) is 0.837. The van der Waals surface area contributed by atoms with Crippen molar-refractivity contribution in [3.8, 4) is 5.75 Å². The quantitative estimate of drug-likeness (QED) is 0.618. The number of rotatable bonds is 7. The molecular weight excluding hydrogens is 276 g/mol. The number of carbonyl (C=O) groups excluding carboxylic acids is 1. The molecule has 2 N–H and O–H groups in total. The van der Waals surface area contributed by atoms with Crippen LogP contribution >= 0.6 is 0 Å². The molecule has 1 heterocycles. The van der Waals surface area contributed by atoms with Crippen molar-refractivity contribution in [3.05, 3.63) is 23.8 Å². The molecule has 1 saturated heterocycles. The van der Waals surface area contributed by atoms with Gasteiger partial charge < -0.3 is 15.4 Å². The second kappa shape index (κ2) is 8.79. The Bertz CT molecular complexity index is 480. The van der Waals surface area contributed by atoms with Crippen molar-refractivity contribution in [2.24, 2.45) is 0 Å². The summed E-state index contributed by atoms with van der Waals surface area (Å²) in [6.07, 6.45) is 6.65. The van der Waals surface area contributed by atoms with Crippen molar-refractivity contribution in [1.29, 1.82) is 0 Å². The molecule has 0 spiro atoms. The molecule has 122 valence electrons. The van der Waals surface area contributed by atoms with E-state index in [9.17, 15) is 4.79 Å². The molecule has 0 unspecified atom stereocenters. The average molecular weight is 304 g/mol. The second-order valence-corrected chi connectivity index (χ2v) is 6.03. The summed E-state index contributed by atoms with van der Waals surface area (Å²) < 4.78 is 5.55. The highest BCUT2D eigenvalue weighted by molar-refractivity contribution is 5.97. The molecule has 0 amide bonds. The monoisotopic (exact) mass is 304 g/mol. The van der Waals surface area contributed by atoms with Crippen LogP contribution in [0.1, 0.15) is 55.8 Å². The Morgan fingerprint density at radius 3 is 2.59 bits per heavy atom. The molecule has 4 heteroatoms. The summed E-state index contributed by atoms with van der Waals surface area (Å²) in [6, 6.07) is 5.38. The van der Waals surface area contributed by atoms with Crippen LogP contribution in [0.15, 0.2) is 18.2 Å². The minimum Gasteiger partial charge on any atom is -0.491 e. The van der Waals surface area contributed by atoms with Crippen LogP contribution in [-0.2, 0) is 0 Å². The maximum absolute atomic E-state index is 12.3. The molecule has 0 saturated carbocycles. The van der Waals surface area contributed by atoms with Gasteiger partial charge in [-0.15, -0.1) is 0 Å². The highest BCUT2D eigenvalue weighted by Gasteiger charge is 2.13. The second-order valence-electron chi connectivity index (χ2n) is 6.03. The Morgan fingerprint density at radius 1 is 1.23 bits per heavy atom. The molecule has 0 radical (unpaired) electrons. The first-order chi connectivity index (χ1) is 10.7. The minimum absolute atomic E-state index is 0.165. The smallest absolute Gasteiger partial charge is 0.164 e. The van der Waals surface area contributed by atoms with Gasteiger partial charge in [-0.25, -0.2) is 0 Å². The number of benzene rings is 1. The fourth-order valence-corrected chi connectivity index (χ4v) is 2.83. The van der Waals surface area contributed by atoms with Gasteiger partial charge in [0.15, 0.2) is 5.78 Å². The number of nitrogens with zero attached hydrogens (tertiary/aromatic N) is 1. The molecule has 2 rings (SSSR count). The molecule has 1 fully saturated rings. The van der Waals surface area contributed by atoms with Gasteiger partial charge >= 0.3 is 0 Å². The van der Waals surface area contributed by atoms with E-state index in [1.54, 1.807) is 6.07 Å². The molecule has 1 aliphatic heterocycles. The van der Waals surface area contributed by atoms with Crippen molar-refractivity contribution >= 4 is 11.5 Å². The Morgan fingerprint density at radius 2 is 1.95 bits per heavy atom. The van der Waals surface area contributed by atoms with Crippen molar-refractivity contribution in [2.45, 2.75) is 45.4 Å². The molecule has 22 heavy (non-hydrogen) atoms. The lowest BCUT2D eigenvalue weighted by atomic mass is 10.1. The molecule has 0 aromatic heterocycles. The average Bonchev–Trinajstić information content (AvgIpc) is 2.80. The van der Waals surface area contributed by atoms with Crippen molar-refractivity contribution in [1.82, 2.24) is 4.90 Å². The van der Waals surface area contributed by atoms with Gasteiger partial charge in [-0.2, -0.15) is 0 Å². The van der Waals surface area contributed by atoms with Gasteiger partial charge in [0.25, 0.3) is 0 Å². The summed E-state index contributed by atoms with van der Waals surface area (Å²) in [7, 11) is 0. The zero-order valence-corrected chi connectivity index (χ0v) is 13.6. The van der Waals surface area contributed by atoms with Crippen LogP contribution < -0.4 is 10.5 Å². The number of carbonyl (C=O) groups is 1. The molecule has 1 aromatic rings. The normalized spacial score (nSPS) is 16.2. The third kappa shape index (κ3) is 5.02. The summed E-state index contributed by atoms with van der Waals surface area (Å²) in [6.45, 7) is 5.80. The number of anilines is 1. The van der Waals surface area contributed by atoms with Gasteiger partial charge in [-0.1, -0.05) is 19.8 Å². The maximum Gasteiger partial charge on any atom is 0.164 e. The molecule has 4 nitrogen and oxygen atoms in total. The Balaban J connectivity index is 1.87. The number of ketones is 1. The lowest BCUT2D eigenvalue weighted by Gasteiger charge is -2.19. The fourth-order valence-electron chi connectivity index (χ4n) is 2.83. The molecule has 1 aliphatic rings. The zero-order valence-electron chi connectivity index (χ0n) is 13.6. The SMILES string of the molecule is CCCOc1ccc(C(=O)CCN2CCCCCC2)cc1N. The van der Waals surface area contributed by atoms with Gasteiger partial charge in [-0.05, 0) is 50.6 Å². The van der Waals surface area contributed by atoms with Gasteiger partial charge in [0.2, 0.25) is 0 Å². The Labute approximate surface area is 133 Å². The summed E-state index contributed by atoms with van der Waals surface area (Å²) in [4.78, 5) is 14.7. The molecule has 0 aliphatic carbocycles. The van der Waals surface area contributed by atoms with Crippen LogP contribution in [-0.4, -0.2) is 36.9 Å². The van der Waals surface area contributed by atoms with Gasteiger partial charge in [0, 0.05) is 18.5 Å². The first-order valence-corrected chi connectivity index (χ1v) is 8.48. The molecular formula is C18H28N2O2. The van der Waals surface area contributed by atoms with E-state index in [-0.39, 0.29) is 5.78 Å². The van der Waals surface area contributed by atoms with Crippen LogP contribution in [0.5, 0.6) is 5.75 Å². The number of hydrogen-bond donors (Lipinski definition) is 1. The lowest BCUT2D eigenvalue weighted by molar-refractivity contribution is 0.0965. The van der Waals surface area contributed by atoms with E-state index in [0.717, 1.165) is 26.1 Å². The number of hydrogen-bond acceptors (Lipinski definition) is 4. The van der Waals surface area contributed by atoms with E-state index in [1.807, 2.05) is 12.1 Å². The fraction of sp³-hybridized carbons (Fsp3) is 0.611. The van der Waals surface area contributed by atoms with Gasteiger partial charge in [0.1, 0.15) is 5.75 Å². The predicted octanol–water partition coefficient (Wildman–Crippen LogP) is 3.51. The maximum atomic E-state index is 12.3. The number of ether oxygens (including phenoxy) is 1. The number of nitrogen functional groups attached to an aromatic ring is 1. The van der Waals surface area contributed by atoms with E-state index in [2.05, 4.69) is 11.8 Å². The largest absolute Gasteiger partial charge is 0.491 e. The topological polar surface area (TPSA) is 55.6 Å². The van der Waals surface area contributed by atoms with Crippen LogP contribution in [0.4, 0.5) is 5.69 Å².